The molecular formula is C14H18FNO2S2. The molecule has 0 radical (unpaired) electrons. The molecule has 6 heteroatoms. The standard InChI is InChI=1S/C14H18FNO2S2/c15-10-5-11(16)7-13(6-10)20(17)12-1-3-18-14(8-12)2-4-19-9-14/h5-7,12H,1-4,8-9,16H2. The van der Waals surface area contributed by atoms with Gasteiger partial charge in [0.1, 0.15) is 5.82 Å². The highest BCUT2D eigenvalue weighted by molar-refractivity contribution is 7.99. The van der Waals surface area contributed by atoms with Crippen LogP contribution in [0.1, 0.15) is 19.3 Å². The first-order valence-electron chi connectivity index (χ1n) is 6.76. The average Bonchev–Trinajstić information content (AvgIpc) is 2.85. The zero-order valence-corrected chi connectivity index (χ0v) is 12.8. The van der Waals surface area contributed by atoms with Gasteiger partial charge in [0.2, 0.25) is 0 Å². The smallest absolute Gasteiger partial charge is 0.126 e. The molecule has 0 saturated carbocycles. The first-order valence-corrected chi connectivity index (χ1v) is 9.13. The molecule has 3 rings (SSSR count). The number of anilines is 1. The topological polar surface area (TPSA) is 52.3 Å². The van der Waals surface area contributed by atoms with Gasteiger partial charge in [-0.1, -0.05) is 0 Å². The lowest BCUT2D eigenvalue weighted by molar-refractivity contribution is -0.0567. The van der Waals surface area contributed by atoms with Crippen LogP contribution in [-0.4, -0.2) is 33.2 Å². The maximum absolute atomic E-state index is 13.4. The van der Waals surface area contributed by atoms with E-state index in [-0.39, 0.29) is 10.9 Å². The normalized spacial score (nSPS) is 31.6. The predicted molar refractivity (Wildman–Crippen MR) is 80.9 cm³/mol. The number of halogens is 1. The maximum Gasteiger partial charge on any atom is 0.126 e. The van der Waals surface area contributed by atoms with Gasteiger partial charge in [-0.25, -0.2) is 4.39 Å². The van der Waals surface area contributed by atoms with Gasteiger partial charge in [0, 0.05) is 28.2 Å². The van der Waals surface area contributed by atoms with Gasteiger partial charge in [-0.05, 0) is 43.2 Å². The first-order chi connectivity index (χ1) is 9.58. The number of ether oxygens (including phenoxy) is 1. The Labute approximate surface area is 124 Å². The summed E-state index contributed by atoms with van der Waals surface area (Å²) in [6, 6.07) is 4.20. The van der Waals surface area contributed by atoms with Gasteiger partial charge in [-0.15, -0.1) is 0 Å². The zero-order chi connectivity index (χ0) is 14.2. The van der Waals surface area contributed by atoms with Gasteiger partial charge in [0.15, 0.2) is 0 Å². The monoisotopic (exact) mass is 315 g/mol. The Hall–Kier alpha value is -0.590. The fourth-order valence-corrected chi connectivity index (χ4v) is 5.93. The van der Waals surface area contributed by atoms with Gasteiger partial charge in [0.25, 0.3) is 0 Å². The number of nitrogen functional groups attached to an aromatic ring is 1. The number of benzene rings is 1. The van der Waals surface area contributed by atoms with Gasteiger partial charge in [-0.3, -0.25) is 4.21 Å². The second kappa shape index (κ2) is 5.66. The molecule has 2 heterocycles. The summed E-state index contributed by atoms with van der Waals surface area (Å²) in [5.41, 5.74) is 5.86. The molecule has 1 spiro atoms. The van der Waals surface area contributed by atoms with E-state index in [1.54, 1.807) is 6.07 Å². The summed E-state index contributed by atoms with van der Waals surface area (Å²) in [6.45, 7) is 0.641. The minimum atomic E-state index is -1.22. The SMILES string of the molecule is Nc1cc(F)cc(S(=O)C2CCOC3(CCSC3)C2)c1. The van der Waals surface area contributed by atoms with Crippen molar-refractivity contribution in [2.45, 2.75) is 35.0 Å². The fraction of sp³-hybridized carbons (Fsp3) is 0.571. The molecule has 1 aromatic rings. The summed E-state index contributed by atoms with van der Waals surface area (Å²) >= 11 is 1.89. The molecule has 0 aliphatic carbocycles. The van der Waals surface area contributed by atoms with E-state index in [0.717, 1.165) is 30.8 Å². The van der Waals surface area contributed by atoms with E-state index in [1.807, 2.05) is 11.8 Å². The van der Waals surface area contributed by atoms with Crippen LogP contribution in [0.2, 0.25) is 0 Å². The van der Waals surface area contributed by atoms with E-state index in [9.17, 15) is 8.60 Å². The molecule has 2 aliphatic heterocycles. The van der Waals surface area contributed by atoms with Crippen LogP contribution >= 0.6 is 11.8 Å². The molecule has 3 nitrogen and oxygen atoms in total. The lowest BCUT2D eigenvalue weighted by Gasteiger charge is -2.37. The van der Waals surface area contributed by atoms with Crippen LogP contribution in [0, 0.1) is 5.82 Å². The van der Waals surface area contributed by atoms with Crippen LogP contribution in [0.5, 0.6) is 0 Å². The van der Waals surface area contributed by atoms with Crippen molar-refractivity contribution in [2.75, 3.05) is 23.8 Å². The Morgan fingerprint density at radius 1 is 1.45 bits per heavy atom. The minimum absolute atomic E-state index is 0.0312. The third kappa shape index (κ3) is 2.87. The first kappa shape index (κ1) is 14.4. The summed E-state index contributed by atoms with van der Waals surface area (Å²) in [6.07, 6.45) is 2.58. The summed E-state index contributed by atoms with van der Waals surface area (Å²) in [5, 5.41) is 0.0312. The van der Waals surface area contributed by atoms with E-state index in [0.29, 0.717) is 17.2 Å². The highest BCUT2D eigenvalue weighted by atomic mass is 32.2. The average molecular weight is 315 g/mol. The van der Waals surface area contributed by atoms with Gasteiger partial charge >= 0.3 is 0 Å². The Bertz CT molecular complexity index is 512. The Balaban J connectivity index is 1.79. The van der Waals surface area contributed by atoms with E-state index >= 15 is 0 Å². The van der Waals surface area contributed by atoms with Crippen LogP contribution in [-0.2, 0) is 15.5 Å². The molecular weight excluding hydrogens is 297 g/mol. The van der Waals surface area contributed by atoms with Crippen LogP contribution in [0.15, 0.2) is 23.1 Å². The summed E-state index contributed by atoms with van der Waals surface area (Å²) in [5.74, 6) is 1.66. The maximum atomic E-state index is 13.4. The molecule has 2 aliphatic rings. The quantitative estimate of drug-likeness (QED) is 0.852. The molecule has 2 saturated heterocycles. The molecule has 0 aromatic heterocycles. The van der Waals surface area contributed by atoms with Crippen molar-refractivity contribution in [2.24, 2.45) is 0 Å². The zero-order valence-electron chi connectivity index (χ0n) is 11.1. The fourth-order valence-electron chi connectivity index (χ4n) is 2.92. The number of rotatable bonds is 2. The van der Waals surface area contributed by atoms with Crippen molar-refractivity contribution >= 4 is 28.2 Å². The van der Waals surface area contributed by atoms with Crippen molar-refractivity contribution in [1.82, 2.24) is 0 Å². The molecule has 3 atom stereocenters. The molecule has 3 unspecified atom stereocenters. The van der Waals surface area contributed by atoms with Gasteiger partial charge in [0.05, 0.1) is 16.4 Å². The second-order valence-electron chi connectivity index (χ2n) is 5.47. The minimum Gasteiger partial charge on any atom is -0.399 e. The van der Waals surface area contributed by atoms with Gasteiger partial charge in [-0.2, -0.15) is 11.8 Å². The third-order valence-electron chi connectivity index (χ3n) is 3.94. The van der Waals surface area contributed by atoms with E-state index in [4.69, 9.17) is 10.5 Å². The van der Waals surface area contributed by atoms with Crippen molar-refractivity contribution in [1.29, 1.82) is 0 Å². The number of hydrogen-bond acceptors (Lipinski definition) is 4. The lowest BCUT2D eigenvalue weighted by Crippen LogP contribution is -2.43. The lowest BCUT2D eigenvalue weighted by atomic mass is 9.93. The summed E-state index contributed by atoms with van der Waals surface area (Å²) < 4.78 is 32.0. The Morgan fingerprint density at radius 3 is 3.00 bits per heavy atom. The highest BCUT2D eigenvalue weighted by Crippen LogP contribution is 2.40. The number of thioether (sulfide) groups is 1. The summed E-state index contributed by atoms with van der Waals surface area (Å²) in [4.78, 5) is 0.496. The summed E-state index contributed by atoms with van der Waals surface area (Å²) in [7, 11) is -1.22. The van der Waals surface area contributed by atoms with Crippen molar-refractivity contribution in [3.8, 4) is 0 Å². The molecule has 2 N–H and O–H groups in total. The molecule has 110 valence electrons. The van der Waals surface area contributed by atoms with Crippen LogP contribution in [0.25, 0.3) is 0 Å². The largest absolute Gasteiger partial charge is 0.399 e. The van der Waals surface area contributed by atoms with Crippen molar-refractivity contribution < 1.29 is 13.3 Å². The van der Waals surface area contributed by atoms with E-state index < -0.39 is 16.6 Å². The number of nitrogens with two attached hydrogens (primary N) is 1. The molecule has 0 amide bonds. The van der Waals surface area contributed by atoms with Crippen molar-refractivity contribution in [3.05, 3.63) is 24.0 Å². The van der Waals surface area contributed by atoms with Crippen LogP contribution in [0.4, 0.5) is 10.1 Å². The predicted octanol–water partition coefficient (Wildman–Crippen LogP) is 2.57. The Kier molecular flexibility index (Phi) is 4.06. The molecule has 2 fully saturated rings. The molecule has 1 aromatic carbocycles. The van der Waals surface area contributed by atoms with E-state index in [2.05, 4.69) is 0 Å². The van der Waals surface area contributed by atoms with E-state index in [1.165, 1.54) is 12.1 Å². The second-order valence-corrected chi connectivity index (χ2v) is 8.30. The third-order valence-corrected chi connectivity index (χ3v) is 6.87. The molecule has 20 heavy (non-hydrogen) atoms. The highest BCUT2D eigenvalue weighted by Gasteiger charge is 2.42. The molecule has 0 bridgehead atoms. The Morgan fingerprint density at radius 2 is 2.30 bits per heavy atom. The van der Waals surface area contributed by atoms with Gasteiger partial charge < -0.3 is 10.5 Å². The van der Waals surface area contributed by atoms with Crippen LogP contribution < -0.4 is 5.73 Å². The van der Waals surface area contributed by atoms with Crippen LogP contribution in [0.3, 0.4) is 0 Å². The van der Waals surface area contributed by atoms with Crippen molar-refractivity contribution in [3.63, 3.8) is 0 Å². The number of hydrogen-bond donors (Lipinski definition) is 1.